The van der Waals surface area contributed by atoms with Crippen LogP contribution < -0.4 is 5.32 Å². The first-order valence-electron chi connectivity index (χ1n) is 10.4. The number of anilines is 1. The number of benzene rings is 1. The molecular weight excluding hydrogens is 371 g/mol. The van der Waals surface area contributed by atoms with Gasteiger partial charge in [-0.05, 0) is 50.1 Å². The van der Waals surface area contributed by atoms with Gasteiger partial charge in [-0.15, -0.1) is 10.2 Å². The van der Waals surface area contributed by atoms with Gasteiger partial charge in [-0.3, -0.25) is 0 Å². The zero-order chi connectivity index (χ0) is 20.1. The summed E-state index contributed by atoms with van der Waals surface area (Å²) < 4.78 is 20.2. The first kappa shape index (κ1) is 18.8. The molecule has 1 aromatic heterocycles. The number of ether oxygens (including phenoxy) is 1. The highest BCUT2D eigenvalue weighted by molar-refractivity contribution is 5.73. The van der Waals surface area contributed by atoms with Crippen molar-refractivity contribution in [3.63, 3.8) is 0 Å². The minimum absolute atomic E-state index is 0.0140. The fraction of sp³-hybridized carbons (Fsp3) is 0.545. The van der Waals surface area contributed by atoms with Crippen molar-refractivity contribution in [2.24, 2.45) is 0 Å². The van der Waals surface area contributed by atoms with Gasteiger partial charge >= 0.3 is 0 Å². The predicted molar refractivity (Wildman–Crippen MR) is 109 cm³/mol. The highest BCUT2D eigenvalue weighted by Crippen LogP contribution is 2.47. The number of rotatable bonds is 3. The van der Waals surface area contributed by atoms with Crippen molar-refractivity contribution in [1.82, 2.24) is 15.1 Å². The molecule has 2 aromatic rings. The van der Waals surface area contributed by atoms with Crippen molar-refractivity contribution in [2.75, 3.05) is 25.5 Å². The number of phenols is 1. The summed E-state index contributed by atoms with van der Waals surface area (Å²) in [4.78, 5) is 2.01. The highest BCUT2D eigenvalue weighted by Gasteiger charge is 2.39. The summed E-state index contributed by atoms with van der Waals surface area (Å²) in [6.45, 7) is 3.19. The second kappa shape index (κ2) is 7.22. The minimum Gasteiger partial charge on any atom is -0.507 e. The quantitative estimate of drug-likeness (QED) is 0.826. The molecule has 2 N–H and O–H groups in total. The molecule has 4 atom stereocenters. The molecule has 1 aromatic carbocycles. The summed E-state index contributed by atoms with van der Waals surface area (Å²) in [5.74, 6) is 0.920. The molecule has 0 radical (unpaired) electrons. The summed E-state index contributed by atoms with van der Waals surface area (Å²) in [5, 5.41) is 23.0. The van der Waals surface area contributed by atoms with Gasteiger partial charge in [0.2, 0.25) is 0 Å². The molecule has 154 valence electrons. The van der Waals surface area contributed by atoms with Crippen LogP contribution in [0, 0.1) is 6.92 Å². The van der Waals surface area contributed by atoms with Crippen LogP contribution in [0.25, 0.3) is 11.3 Å². The van der Waals surface area contributed by atoms with Crippen molar-refractivity contribution in [1.29, 1.82) is 0 Å². The van der Waals surface area contributed by atoms with Gasteiger partial charge in [0.15, 0.2) is 5.82 Å². The van der Waals surface area contributed by atoms with E-state index in [-0.39, 0.29) is 24.0 Å². The number of hydrogen-bond donors (Lipinski definition) is 2. The summed E-state index contributed by atoms with van der Waals surface area (Å²) in [5.41, 5.74) is 4.56. The number of piperidine rings is 1. The number of aryl methyl sites for hydroxylation is 1. The largest absolute Gasteiger partial charge is 0.507 e. The Bertz CT molecular complexity index is 927. The molecule has 0 saturated carbocycles. The van der Waals surface area contributed by atoms with Crippen LogP contribution >= 0.6 is 0 Å². The van der Waals surface area contributed by atoms with Gasteiger partial charge in [-0.2, -0.15) is 0 Å². The maximum atomic E-state index is 14.1. The third-order valence-electron chi connectivity index (χ3n) is 6.31. The molecule has 3 aliphatic rings. The van der Waals surface area contributed by atoms with E-state index in [1.54, 1.807) is 6.07 Å². The Labute approximate surface area is 170 Å². The van der Waals surface area contributed by atoms with Gasteiger partial charge in [0.1, 0.15) is 17.6 Å². The molecule has 2 fully saturated rings. The molecule has 2 bridgehead atoms. The van der Waals surface area contributed by atoms with Gasteiger partial charge in [0, 0.05) is 43.1 Å². The molecule has 0 aliphatic carbocycles. The van der Waals surface area contributed by atoms with E-state index in [4.69, 9.17) is 4.74 Å². The van der Waals surface area contributed by atoms with Crippen molar-refractivity contribution in [3.8, 4) is 17.0 Å². The Balaban J connectivity index is 1.56. The average molecular weight is 398 g/mol. The maximum Gasteiger partial charge on any atom is 0.155 e. The Morgan fingerprint density at radius 3 is 2.90 bits per heavy atom. The summed E-state index contributed by atoms with van der Waals surface area (Å²) in [6, 6.07) is 5.62. The number of aromatic nitrogens is 2. The van der Waals surface area contributed by atoms with Gasteiger partial charge in [0.25, 0.3) is 0 Å². The van der Waals surface area contributed by atoms with E-state index in [1.807, 2.05) is 31.0 Å². The van der Waals surface area contributed by atoms with Gasteiger partial charge in [0.05, 0.1) is 12.2 Å². The third kappa shape index (κ3) is 3.46. The highest BCUT2D eigenvalue weighted by atomic mass is 19.1. The minimum atomic E-state index is -0.842. The number of halogens is 1. The number of nitrogens with zero attached hydrogens (tertiary/aromatic N) is 3. The number of aromatic hydroxyl groups is 1. The first-order valence-corrected chi connectivity index (χ1v) is 10.4. The molecule has 3 aliphatic heterocycles. The van der Waals surface area contributed by atoms with Crippen LogP contribution in [0.5, 0.6) is 5.75 Å². The number of likely N-dealkylation sites (N-methyl/N-ethyl adjacent to an activating group) is 1. The van der Waals surface area contributed by atoms with Crippen molar-refractivity contribution < 1.29 is 14.2 Å². The fourth-order valence-corrected chi connectivity index (χ4v) is 5.04. The lowest BCUT2D eigenvalue weighted by Gasteiger charge is -2.34. The van der Waals surface area contributed by atoms with Crippen molar-refractivity contribution >= 4 is 5.82 Å². The molecule has 4 heterocycles. The van der Waals surface area contributed by atoms with Crippen molar-refractivity contribution in [2.45, 2.75) is 57.0 Å². The van der Waals surface area contributed by atoms with Crippen LogP contribution in [0.15, 0.2) is 18.2 Å². The Morgan fingerprint density at radius 2 is 2.10 bits per heavy atom. The van der Waals surface area contributed by atoms with E-state index >= 15 is 0 Å². The van der Waals surface area contributed by atoms with Gasteiger partial charge in [-0.25, -0.2) is 4.39 Å². The zero-order valence-electron chi connectivity index (χ0n) is 16.9. The average Bonchev–Trinajstić information content (AvgIpc) is 3.03. The van der Waals surface area contributed by atoms with Crippen LogP contribution in [-0.2, 0) is 11.2 Å². The zero-order valence-corrected chi connectivity index (χ0v) is 16.9. The lowest BCUT2D eigenvalue weighted by atomic mass is 9.93. The lowest BCUT2D eigenvalue weighted by molar-refractivity contribution is 0.0325. The van der Waals surface area contributed by atoms with Crippen LogP contribution in [-0.4, -0.2) is 58.7 Å². The van der Waals surface area contributed by atoms with Crippen LogP contribution in [0.2, 0.25) is 0 Å². The van der Waals surface area contributed by atoms with E-state index in [1.165, 1.54) is 0 Å². The molecular formula is C22H27FN4O2. The standard InChI is InChI=1S/C22H27FN4O2/c1-12-3-5-16(18(28)7-12)21-17-9-15-4-6-19(29-15)20(17)22(26-25-21)24-14-8-13(23)10-27(2)11-14/h3,5,7,13-15,19,28H,4,6,8-11H2,1-2H3,(H,24,26)/t13-,14-,15?,19?/m1/s1. The monoisotopic (exact) mass is 398 g/mol. The lowest BCUT2D eigenvalue weighted by Crippen LogP contribution is -2.45. The smallest absolute Gasteiger partial charge is 0.155 e. The second-order valence-electron chi connectivity index (χ2n) is 8.73. The Kier molecular flexibility index (Phi) is 4.67. The third-order valence-corrected chi connectivity index (χ3v) is 6.31. The maximum absolute atomic E-state index is 14.1. The summed E-state index contributed by atoms with van der Waals surface area (Å²) in [6.07, 6.45) is 2.52. The number of alkyl halides is 1. The SMILES string of the molecule is Cc1ccc(-c2nnc(N[C@@H]3C[C@@H](F)CN(C)C3)c3c2CC2CCC3O2)c(O)c1. The first-order chi connectivity index (χ1) is 14.0. The van der Waals surface area contributed by atoms with Crippen molar-refractivity contribution in [3.05, 3.63) is 34.9 Å². The molecule has 2 unspecified atom stereocenters. The molecule has 0 amide bonds. The Hall–Kier alpha value is -2.25. The molecule has 7 heteroatoms. The number of nitrogens with one attached hydrogen (secondary N) is 1. The topological polar surface area (TPSA) is 70.5 Å². The number of hydrogen-bond acceptors (Lipinski definition) is 6. The summed E-state index contributed by atoms with van der Waals surface area (Å²) >= 11 is 0. The molecule has 2 saturated heterocycles. The Morgan fingerprint density at radius 1 is 1.24 bits per heavy atom. The van der Waals surface area contributed by atoms with E-state index in [2.05, 4.69) is 15.5 Å². The number of likely N-dealkylation sites (tertiary alicyclic amines) is 1. The second-order valence-corrected chi connectivity index (χ2v) is 8.73. The van der Waals surface area contributed by atoms with Crippen LogP contribution in [0.1, 0.15) is 42.1 Å². The van der Waals surface area contributed by atoms with Crippen LogP contribution in [0.4, 0.5) is 10.2 Å². The number of phenolic OH excluding ortho intramolecular Hbond substituents is 1. The van der Waals surface area contributed by atoms with E-state index in [0.717, 1.165) is 48.2 Å². The van der Waals surface area contributed by atoms with Gasteiger partial charge in [-0.1, -0.05) is 6.07 Å². The molecule has 5 rings (SSSR count). The fourth-order valence-electron chi connectivity index (χ4n) is 5.04. The molecule has 29 heavy (non-hydrogen) atoms. The normalized spacial score (nSPS) is 28.9. The molecule has 6 nitrogen and oxygen atoms in total. The summed E-state index contributed by atoms with van der Waals surface area (Å²) in [7, 11) is 1.94. The number of fused-ring (bicyclic) bond motifs is 4. The van der Waals surface area contributed by atoms with Crippen LogP contribution in [0.3, 0.4) is 0 Å². The van der Waals surface area contributed by atoms with E-state index < -0.39 is 6.17 Å². The molecule has 0 spiro atoms. The van der Waals surface area contributed by atoms with E-state index in [0.29, 0.717) is 24.3 Å². The predicted octanol–water partition coefficient (Wildman–Crippen LogP) is 3.39. The van der Waals surface area contributed by atoms with Gasteiger partial charge < -0.3 is 20.1 Å². The van der Waals surface area contributed by atoms with E-state index in [9.17, 15) is 9.50 Å².